The number of benzene rings is 2. The average Bonchev–Trinajstić information content (AvgIpc) is 1.52. The number of hydrogen-bond donors (Lipinski definition) is 0. The number of rotatable bonds is 15. The minimum absolute atomic E-state index is 0.0720. The van der Waals surface area contributed by atoms with Crippen molar-refractivity contribution in [2.45, 2.75) is 231 Å². The molecule has 2 heterocycles. The van der Waals surface area contributed by atoms with Gasteiger partial charge in [0.05, 0.1) is 125 Å². The second-order valence-corrected chi connectivity index (χ2v) is 51.0. The molecule has 17 unspecified atom stereocenters. The summed E-state index contributed by atoms with van der Waals surface area (Å²) in [5.74, 6) is 1.89. The molecule has 18 rings (SSSR count). The number of carbonyl (C=O) groups excluding carboxylic acids is 4. The van der Waals surface area contributed by atoms with E-state index in [1.54, 1.807) is 39.0 Å². The Labute approximate surface area is 714 Å². The van der Waals surface area contributed by atoms with Crippen molar-refractivity contribution in [3.63, 3.8) is 0 Å². The fraction of sp³-hybridized carbons (Fsp3) is 0.784. The van der Waals surface area contributed by atoms with Gasteiger partial charge in [-0.05, 0) is 238 Å². The van der Waals surface area contributed by atoms with E-state index in [1.165, 1.54) is 81.8 Å². The lowest BCUT2D eigenvalue weighted by molar-refractivity contribution is -0.182. The van der Waals surface area contributed by atoms with E-state index in [2.05, 4.69) is 0 Å². The molecule has 16 fully saturated rings. The van der Waals surface area contributed by atoms with Crippen molar-refractivity contribution >= 4 is 125 Å². The van der Waals surface area contributed by atoms with Crippen LogP contribution in [0.3, 0.4) is 0 Å². The number of carbonyl (C=O) groups is 4. The van der Waals surface area contributed by atoms with Gasteiger partial charge in [0.1, 0.15) is 49.7 Å². The maximum atomic E-state index is 12.2. The van der Waals surface area contributed by atoms with Crippen LogP contribution in [0.5, 0.6) is 0 Å². The van der Waals surface area contributed by atoms with Gasteiger partial charge in [-0.25, -0.2) is 89.0 Å². The van der Waals surface area contributed by atoms with Crippen molar-refractivity contribution in [1.82, 2.24) is 0 Å². The molecule has 48 heteroatoms. The van der Waals surface area contributed by atoms with Gasteiger partial charge >= 0.3 is 23.9 Å². The van der Waals surface area contributed by atoms with Gasteiger partial charge in [-0.2, -0.15) is 0 Å². The zero-order chi connectivity index (χ0) is 91.7. The van der Waals surface area contributed by atoms with Crippen LogP contribution in [0.2, 0.25) is 0 Å². The first-order valence-electron chi connectivity index (χ1n) is 40.0. The summed E-state index contributed by atoms with van der Waals surface area (Å²) in [6, 6.07) is 13.0. The summed E-state index contributed by atoms with van der Waals surface area (Å²) in [5, 5.41) is -1.65. The summed E-state index contributed by atoms with van der Waals surface area (Å²) in [7, 11) is -41.3. The molecule has 0 aromatic heterocycles. The van der Waals surface area contributed by atoms with Crippen LogP contribution in [0, 0.1) is 107 Å². The fourth-order valence-corrected chi connectivity index (χ4v) is 28.2. The monoisotopic (exact) mass is 1920 g/mol. The summed E-state index contributed by atoms with van der Waals surface area (Å²) in [4.78, 5) is 47.2. The van der Waals surface area contributed by atoms with Crippen LogP contribution in [0.1, 0.15) is 187 Å². The summed E-state index contributed by atoms with van der Waals surface area (Å²) in [6.07, 6.45) is 21.4. The molecule has 122 heavy (non-hydrogen) atoms. The van der Waals surface area contributed by atoms with Crippen molar-refractivity contribution in [3.8, 4) is 0 Å². The summed E-state index contributed by atoms with van der Waals surface area (Å²) in [5.41, 5.74) is -1.95. The maximum Gasteiger partial charge on any atom is 0.351 e. The molecular formula is C74H104O38S10-10. The van der Waals surface area contributed by atoms with Crippen LogP contribution in [0.25, 0.3) is 0 Å². The Morgan fingerprint density at radius 2 is 0.951 bits per heavy atom. The molecule has 14 aliphatic carbocycles. The van der Waals surface area contributed by atoms with Gasteiger partial charge in [0.25, 0.3) is 0 Å². The van der Waals surface area contributed by atoms with Crippen molar-refractivity contribution in [2.24, 2.45) is 99.6 Å². The maximum absolute atomic E-state index is 12.2. The second kappa shape index (κ2) is 39.0. The molecule has 38 nitrogen and oxygen atoms in total. The number of hydrogen-bond acceptors (Lipinski definition) is 38. The third kappa shape index (κ3) is 26.1. The molecule has 698 valence electrons. The lowest BCUT2D eigenvalue weighted by Gasteiger charge is -2.57. The summed E-state index contributed by atoms with van der Waals surface area (Å²) < 4.78 is 331. The van der Waals surface area contributed by atoms with E-state index in [4.69, 9.17) is 31.9 Å². The topological polar surface area (TPSA) is 677 Å². The van der Waals surface area contributed by atoms with E-state index in [-0.39, 0.29) is 51.1 Å². The number of ether oxygens (including phenoxy) is 4. The smallest absolute Gasteiger partial charge is 0.351 e. The first-order chi connectivity index (χ1) is 55.7. The van der Waals surface area contributed by atoms with Gasteiger partial charge in [0.15, 0.2) is 0 Å². The minimum Gasteiger partial charge on any atom is -0.748 e. The van der Waals surface area contributed by atoms with Crippen LogP contribution >= 0.6 is 0 Å². The number of esters is 4. The molecule has 0 spiro atoms. The van der Waals surface area contributed by atoms with E-state index in [9.17, 15) is 136 Å². The van der Waals surface area contributed by atoms with E-state index in [0.717, 1.165) is 74.7 Å². The van der Waals surface area contributed by atoms with Crippen LogP contribution in [-0.4, -0.2) is 223 Å². The van der Waals surface area contributed by atoms with Crippen LogP contribution < -0.4 is 0 Å². The Morgan fingerprint density at radius 1 is 0.475 bits per heavy atom. The van der Waals surface area contributed by atoms with Crippen LogP contribution in [0.4, 0.5) is 0 Å². The van der Waals surface area contributed by atoms with Crippen molar-refractivity contribution in [1.29, 1.82) is 0 Å². The molecule has 2 saturated heterocycles. The summed E-state index contributed by atoms with van der Waals surface area (Å²) in [6.45, 7) is 7.43. The zero-order valence-electron chi connectivity index (χ0n) is 67.8. The Kier molecular flexibility index (Phi) is 32.9. The molecule has 2 aromatic rings. The predicted octanol–water partition coefficient (Wildman–Crippen LogP) is 4.36. The van der Waals surface area contributed by atoms with Gasteiger partial charge in [-0.3, -0.25) is 14.4 Å². The van der Waals surface area contributed by atoms with Gasteiger partial charge in [-0.15, -0.1) is 0 Å². The van der Waals surface area contributed by atoms with Crippen molar-refractivity contribution in [2.75, 3.05) is 36.7 Å². The standard InChI is InChI=1S/C12H18O7S.C12H18O3S.C11H14O7S.C10H16O3S.C7H12O3S.C7H8O3S.C6H12O3S.C6H6O3S.C2H6O3S.CH4O3S/c1-10(2)11(3)4-5-12(10,19-8(11)13)9(14)18-6-7-20(15,16)17;13-16(14,15)10-5-8-4-9(10)12-7-2-1-6(3-7)11(8)12;12-10-7-4-5-3-6(7)9(18-10)8(5)11(13)17-1-2-19(14,15)16;11-14(12,13)10-4-7-1-8(5-10)3-9(2-7)6-10;8-11(9,10)7-4-5-1-2-6(7)3-5;1-6-2-4-7(5-3-6)11(8,9)10;2*7-10(8,9)6-4-2-1-3-5-6;1-2-6(3,4)5;1-5(2,3)4/h4-7H2,1-3H3,(H,15,16,17);6-12H,1-5H2,(H,13,14,15);5-9H,1-4H2,(H,14,15,16);7-9H,1-6H2,(H,11,12,13);5-7H,1-4H2,(H,8,9,10);2-5H,1H3,(H,8,9,10);6H,1-5H2,(H,7,8,9);1-5H,(H,7,8,9);2H2,1H3,(H,3,4,5);1H3,(H,2,3,4)/p-10. The third-order valence-electron chi connectivity index (χ3n) is 27.6. The molecule has 16 aliphatic rings. The van der Waals surface area contributed by atoms with Gasteiger partial charge < -0.3 is 64.5 Å². The molecule has 2 aromatic carbocycles. The van der Waals surface area contributed by atoms with Gasteiger partial charge in [-0.1, -0.05) is 82.3 Å². The van der Waals surface area contributed by atoms with Crippen LogP contribution in [-0.2, 0) is 139 Å². The molecule has 0 radical (unpaired) electrons. The minimum atomic E-state index is -4.45. The molecule has 14 saturated carbocycles. The van der Waals surface area contributed by atoms with E-state index in [1.807, 2.05) is 6.92 Å². The highest BCUT2D eigenvalue weighted by Crippen LogP contribution is 2.69. The van der Waals surface area contributed by atoms with Gasteiger partial charge in [0.2, 0.25) is 5.60 Å². The number of fused-ring (bicyclic) bond motifs is 14. The molecule has 2 aliphatic heterocycles. The van der Waals surface area contributed by atoms with E-state index < -0.39 is 193 Å². The Bertz CT molecular complexity index is 5250. The quantitative estimate of drug-likeness (QED) is 0.103. The highest BCUT2D eigenvalue weighted by Gasteiger charge is 2.76. The highest BCUT2D eigenvalue weighted by atomic mass is 32.3. The zero-order valence-corrected chi connectivity index (χ0v) is 75.9. The summed E-state index contributed by atoms with van der Waals surface area (Å²) >= 11 is 0. The van der Waals surface area contributed by atoms with Crippen LogP contribution in [0.15, 0.2) is 64.4 Å². The molecule has 17 atom stereocenters. The first kappa shape index (κ1) is 103. The predicted molar refractivity (Wildman–Crippen MR) is 417 cm³/mol. The second-order valence-electron chi connectivity index (χ2n) is 35.4. The Morgan fingerprint density at radius 3 is 1.34 bits per heavy atom. The molecule has 14 bridgehead atoms. The van der Waals surface area contributed by atoms with Crippen molar-refractivity contribution < 1.29 is 168 Å². The normalized spacial score (nSPS) is 34.1. The lowest BCUT2D eigenvalue weighted by atomic mass is 9.56. The third-order valence-corrected chi connectivity index (χ3v) is 36.8. The average molecular weight is 1920 g/mol. The van der Waals surface area contributed by atoms with Gasteiger partial charge in [0, 0.05) is 28.6 Å². The Balaban J connectivity index is 0.000000172. The highest BCUT2D eigenvalue weighted by molar-refractivity contribution is 7.88. The number of aryl methyl sites for hydroxylation is 1. The Hall–Kier alpha value is -4.58. The molecule has 0 amide bonds. The molecular weight excluding hydrogens is 1820 g/mol. The fourth-order valence-electron chi connectivity index (χ4n) is 22.0. The first-order valence-corrected chi connectivity index (χ1v) is 55.2. The van der Waals surface area contributed by atoms with E-state index in [0.29, 0.717) is 106 Å². The van der Waals surface area contributed by atoms with Crippen molar-refractivity contribution in [3.05, 3.63) is 60.2 Å². The lowest BCUT2D eigenvalue weighted by Crippen LogP contribution is -2.54. The largest absolute Gasteiger partial charge is 0.748 e. The van der Waals surface area contributed by atoms with E-state index >= 15 is 0 Å². The molecule has 0 N–H and O–H groups in total. The SMILES string of the molecule is CC12CCC(C(=O)OCCS(=O)(=O)[O-])(OC1=O)C2(C)C.CCS(=O)(=O)[O-].CS(=O)(=O)[O-].Cc1ccc(S(=O)(=O)[O-])cc1.O=C1OC2C3CC(CC13)C2C(=O)OCCS(=O)(=O)[O-].O=S(=O)([O-])C12CC3CC(CC(C3)C1)C2.O=S(=O)([O-])C1CC2CC1C1C3CCC(C3)C21.O=S(=O)([O-])C1CC2CCC1C2.O=S(=O)([O-])C1CCCCC1.O=S(=O)([O-])c1ccccc1.